The molecule has 1 aliphatic carbocycles. The average Bonchev–Trinajstić information content (AvgIpc) is 3.37. The highest BCUT2D eigenvalue weighted by molar-refractivity contribution is 5.91. The fourth-order valence-electron chi connectivity index (χ4n) is 5.72. The summed E-state index contributed by atoms with van der Waals surface area (Å²) in [5, 5.41) is 0. The Labute approximate surface area is 203 Å². The zero-order chi connectivity index (χ0) is 24.7. The van der Waals surface area contributed by atoms with E-state index < -0.39 is 0 Å². The molecule has 1 heterocycles. The molecule has 0 spiro atoms. The largest absolute Gasteiger partial charge is 0.469 e. The maximum absolute atomic E-state index is 13.6. The van der Waals surface area contributed by atoms with Crippen molar-refractivity contribution >= 4 is 11.8 Å². The quantitative estimate of drug-likeness (QED) is 0.158. The summed E-state index contributed by atoms with van der Waals surface area (Å²) in [7, 11) is 1.41. The van der Waals surface area contributed by atoms with E-state index in [1.54, 1.807) is 6.08 Å². The minimum absolute atomic E-state index is 0.00924. The van der Waals surface area contributed by atoms with E-state index in [9.17, 15) is 14.0 Å². The molecular formula is C29H39FO4. The summed E-state index contributed by atoms with van der Waals surface area (Å²) >= 11 is 0. The van der Waals surface area contributed by atoms with Gasteiger partial charge in [-0.25, -0.2) is 4.39 Å². The molecule has 2 aliphatic rings. The van der Waals surface area contributed by atoms with Gasteiger partial charge in [0.15, 0.2) is 5.78 Å². The van der Waals surface area contributed by atoms with Crippen molar-refractivity contribution in [3.05, 3.63) is 60.0 Å². The van der Waals surface area contributed by atoms with Gasteiger partial charge in [-0.15, -0.1) is 0 Å². The monoisotopic (exact) mass is 470 g/mol. The summed E-state index contributed by atoms with van der Waals surface area (Å²) in [4.78, 5) is 24.0. The molecule has 186 valence electrons. The van der Waals surface area contributed by atoms with Gasteiger partial charge in [0.25, 0.3) is 0 Å². The van der Waals surface area contributed by atoms with Crippen LogP contribution in [-0.2, 0) is 24.5 Å². The van der Waals surface area contributed by atoms with Crippen molar-refractivity contribution in [1.82, 2.24) is 0 Å². The number of fused-ring (bicyclic) bond motifs is 2. The summed E-state index contributed by atoms with van der Waals surface area (Å²) in [5.41, 5.74) is 0.923. The molecule has 5 atom stereocenters. The van der Waals surface area contributed by atoms with Crippen LogP contribution in [0.3, 0.4) is 0 Å². The summed E-state index contributed by atoms with van der Waals surface area (Å²) < 4.78 is 24.5. The molecule has 1 saturated carbocycles. The van der Waals surface area contributed by atoms with E-state index in [2.05, 4.69) is 32.1 Å². The first kappa shape index (κ1) is 26.3. The van der Waals surface area contributed by atoms with Gasteiger partial charge in [0.1, 0.15) is 5.82 Å². The second kappa shape index (κ2) is 11.9. The van der Waals surface area contributed by atoms with Crippen molar-refractivity contribution < 1.29 is 23.5 Å². The standard InChI is InChI=1S/C29H39FO4/c1-20(2)17-21(3)26(31)16-15-24-25(9-7-5-6-8-10-28(32)33-4)29(18-27(24)34-19-29)22-11-13-23(30)14-12-22/h5,7,11-16,20-21,24-25,27H,6,8-10,17-19H2,1-4H3/t21?,24-,25-,27-,29-/m0/s1. The van der Waals surface area contributed by atoms with E-state index in [1.807, 2.05) is 19.1 Å². The molecule has 0 amide bonds. The van der Waals surface area contributed by atoms with Gasteiger partial charge in [-0.3, -0.25) is 9.59 Å². The molecule has 4 nitrogen and oxygen atoms in total. The lowest BCUT2D eigenvalue weighted by atomic mass is 9.69. The predicted molar refractivity (Wildman–Crippen MR) is 132 cm³/mol. The molecule has 1 aromatic rings. The number of allylic oxidation sites excluding steroid dienone is 3. The van der Waals surface area contributed by atoms with E-state index in [1.165, 1.54) is 19.2 Å². The third-order valence-corrected chi connectivity index (χ3v) is 7.47. The van der Waals surface area contributed by atoms with E-state index in [0.717, 1.165) is 37.7 Å². The summed E-state index contributed by atoms with van der Waals surface area (Å²) in [6, 6.07) is 6.82. The molecule has 1 aromatic carbocycles. The molecule has 0 aromatic heterocycles. The van der Waals surface area contributed by atoms with Gasteiger partial charge < -0.3 is 9.47 Å². The van der Waals surface area contributed by atoms with Crippen LogP contribution in [0.1, 0.15) is 64.9 Å². The van der Waals surface area contributed by atoms with Gasteiger partial charge in [0, 0.05) is 23.7 Å². The summed E-state index contributed by atoms with van der Waals surface area (Å²) in [5.74, 6) is 0.635. The molecule has 0 radical (unpaired) electrons. The Morgan fingerprint density at radius 2 is 1.94 bits per heavy atom. The molecule has 34 heavy (non-hydrogen) atoms. The second-order valence-electron chi connectivity index (χ2n) is 10.4. The zero-order valence-corrected chi connectivity index (χ0v) is 21.0. The lowest BCUT2D eigenvalue weighted by molar-refractivity contribution is -0.140. The number of carbonyl (C=O) groups is 2. The Bertz CT molecular complexity index is 888. The minimum atomic E-state index is -0.239. The number of esters is 1. The van der Waals surface area contributed by atoms with Crippen molar-refractivity contribution in [3.63, 3.8) is 0 Å². The summed E-state index contributed by atoms with van der Waals surface area (Å²) in [6.07, 6.45) is 12.8. The number of hydrogen-bond acceptors (Lipinski definition) is 4. The van der Waals surface area contributed by atoms with Crippen LogP contribution < -0.4 is 0 Å². The Kier molecular flexibility index (Phi) is 9.24. The molecule has 2 bridgehead atoms. The van der Waals surface area contributed by atoms with Crippen molar-refractivity contribution in [2.45, 2.75) is 70.8 Å². The predicted octanol–water partition coefficient (Wildman–Crippen LogP) is 6.20. The van der Waals surface area contributed by atoms with E-state index in [0.29, 0.717) is 18.9 Å². The third kappa shape index (κ3) is 6.24. The average molecular weight is 471 g/mol. The van der Waals surface area contributed by atoms with Crippen LogP contribution in [0.2, 0.25) is 0 Å². The second-order valence-corrected chi connectivity index (χ2v) is 10.4. The van der Waals surface area contributed by atoms with Crippen LogP contribution in [0.15, 0.2) is 48.6 Å². The van der Waals surface area contributed by atoms with Gasteiger partial charge in [-0.1, -0.05) is 51.1 Å². The minimum Gasteiger partial charge on any atom is -0.469 e. The summed E-state index contributed by atoms with van der Waals surface area (Å²) in [6.45, 7) is 6.89. The van der Waals surface area contributed by atoms with Crippen LogP contribution in [0.4, 0.5) is 4.39 Å². The smallest absolute Gasteiger partial charge is 0.305 e. The van der Waals surface area contributed by atoms with E-state index >= 15 is 0 Å². The number of methoxy groups -OCH3 is 1. The number of hydrogen-bond donors (Lipinski definition) is 0. The van der Waals surface area contributed by atoms with Crippen LogP contribution in [0.25, 0.3) is 0 Å². The fraction of sp³-hybridized carbons (Fsp3) is 0.586. The van der Waals surface area contributed by atoms with Crippen LogP contribution in [-0.4, -0.2) is 31.6 Å². The number of benzene rings is 1. The number of unbranched alkanes of at least 4 members (excludes halogenated alkanes) is 1. The molecule has 3 rings (SSSR count). The van der Waals surface area contributed by atoms with Crippen LogP contribution in [0.5, 0.6) is 0 Å². The topological polar surface area (TPSA) is 52.6 Å². The Balaban J connectivity index is 1.76. The Morgan fingerprint density at radius 1 is 1.21 bits per heavy atom. The van der Waals surface area contributed by atoms with Gasteiger partial charge in [-0.05, 0) is 67.7 Å². The number of ketones is 1. The first-order valence-corrected chi connectivity index (χ1v) is 12.6. The van der Waals surface area contributed by atoms with Crippen molar-refractivity contribution in [3.8, 4) is 0 Å². The number of halogens is 1. The Hall–Kier alpha value is -2.27. The molecule has 1 unspecified atom stereocenters. The number of carbonyl (C=O) groups excluding carboxylic acids is 2. The van der Waals surface area contributed by atoms with Gasteiger partial charge in [0.05, 0.1) is 19.8 Å². The highest BCUT2D eigenvalue weighted by Crippen LogP contribution is 2.57. The fourth-order valence-corrected chi connectivity index (χ4v) is 5.72. The molecule has 0 N–H and O–H groups in total. The molecule has 2 fully saturated rings. The maximum atomic E-state index is 13.6. The molecular weight excluding hydrogens is 431 g/mol. The lowest BCUT2D eigenvalue weighted by Crippen LogP contribution is -2.39. The zero-order valence-electron chi connectivity index (χ0n) is 21.0. The number of ether oxygens (including phenoxy) is 2. The van der Waals surface area contributed by atoms with Crippen LogP contribution in [0, 0.1) is 29.5 Å². The first-order chi connectivity index (χ1) is 16.3. The maximum Gasteiger partial charge on any atom is 0.305 e. The van der Waals surface area contributed by atoms with Gasteiger partial charge in [0.2, 0.25) is 0 Å². The number of rotatable bonds is 12. The lowest BCUT2D eigenvalue weighted by Gasteiger charge is -2.38. The highest BCUT2D eigenvalue weighted by Gasteiger charge is 2.58. The molecule has 1 aliphatic heterocycles. The normalized spacial score (nSPS) is 27.2. The van der Waals surface area contributed by atoms with E-state index in [-0.39, 0.29) is 46.8 Å². The first-order valence-electron chi connectivity index (χ1n) is 12.6. The molecule has 5 heteroatoms. The van der Waals surface area contributed by atoms with Crippen molar-refractivity contribution in [1.29, 1.82) is 0 Å². The van der Waals surface area contributed by atoms with Crippen molar-refractivity contribution in [2.75, 3.05) is 13.7 Å². The third-order valence-electron chi connectivity index (χ3n) is 7.47. The van der Waals surface area contributed by atoms with Gasteiger partial charge >= 0.3 is 5.97 Å². The van der Waals surface area contributed by atoms with Crippen LogP contribution >= 0.6 is 0 Å². The SMILES string of the molecule is COC(=O)CCCC=CC[C@H]1[C@H](C=CC(=O)C(C)CC(C)C)[C@@H]2C[C@@]1(c1ccc(F)cc1)CO2. The molecule has 1 saturated heterocycles. The van der Waals surface area contributed by atoms with E-state index in [4.69, 9.17) is 9.47 Å². The Morgan fingerprint density at radius 3 is 2.62 bits per heavy atom. The van der Waals surface area contributed by atoms with Crippen molar-refractivity contribution in [2.24, 2.45) is 23.7 Å². The van der Waals surface area contributed by atoms with Gasteiger partial charge in [-0.2, -0.15) is 0 Å². The highest BCUT2D eigenvalue weighted by atomic mass is 19.1.